The second-order valence-electron chi connectivity index (χ2n) is 11.2. The van der Waals surface area contributed by atoms with Crippen LogP contribution in [0, 0.1) is 5.82 Å². The van der Waals surface area contributed by atoms with E-state index in [0.717, 1.165) is 43.6 Å². The quantitative estimate of drug-likeness (QED) is 0.348. The Morgan fingerprint density at radius 3 is 2.32 bits per heavy atom. The first-order valence-electron chi connectivity index (χ1n) is 14.6. The van der Waals surface area contributed by atoms with Crippen LogP contribution in [-0.2, 0) is 4.79 Å². The summed E-state index contributed by atoms with van der Waals surface area (Å²) in [5.74, 6) is 0.485. The molecule has 2 aliphatic rings. The minimum Gasteiger partial charge on any atom is -0.340 e. The van der Waals surface area contributed by atoms with Crippen molar-refractivity contribution in [3.63, 3.8) is 0 Å². The van der Waals surface area contributed by atoms with Crippen molar-refractivity contribution in [3.05, 3.63) is 83.9 Å². The SMILES string of the molecule is CC(C)N1CCN(C(=O)C(CCCN[C@@H]2C[C@H]2c2ccc(F)cc2)NC(=O)c2ccc(-c3ncccn3)cc2)CC1. The van der Waals surface area contributed by atoms with Crippen molar-refractivity contribution in [2.75, 3.05) is 32.7 Å². The average Bonchev–Trinajstić information content (AvgIpc) is 3.78. The van der Waals surface area contributed by atoms with Crippen LogP contribution in [0.1, 0.15) is 54.9 Å². The normalized spacial score (nSPS) is 19.7. The third-order valence-electron chi connectivity index (χ3n) is 8.10. The van der Waals surface area contributed by atoms with Crippen molar-refractivity contribution >= 4 is 11.8 Å². The number of nitrogens with one attached hydrogen (secondary N) is 2. The maximum atomic E-state index is 13.6. The Balaban J connectivity index is 1.18. The number of carbonyl (C=O) groups is 2. The minimum absolute atomic E-state index is 0.0216. The minimum atomic E-state index is -0.598. The molecule has 0 spiro atoms. The van der Waals surface area contributed by atoms with Crippen molar-refractivity contribution in [3.8, 4) is 11.4 Å². The first-order chi connectivity index (χ1) is 19.9. The molecule has 1 saturated heterocycles. The van der Waals surface area contributed by atoms with Gasteiger partial charge in [-0.2, -0.15) is 0 Å². The third-order valence-corrected chi connectivity index (χ3v) is 8.10. The molecule has 8 nitrogen and oxygen atoms in total. The number of amides is 2. The van der Waals surface area contributed by atoms with Crippen LogP contribution in [0.3, 0.4) is 0 Å². The maximum Gasteiger partial charge on any atom is 0.251 e. The number of aromatic nitrogens is 2. The zero-order valence-electron chi connectivity index (χ0n) is 23.8. The molecule has 2 heterocycles. The highest BCUT2D eigenvalue weighted by Gasteiger charge is 2.37. The number of piperazine rings is 1. The second-order valence-corrected chi connectivity index (χ2v) is 11.2. The molecule has 3 atom stereocenters. The molecule has 2 fully saturated rings. The maximum absolute atomic E-state index is 13.6. The lowest BCUT2D eigenvalue weighted by molar-refractivity contribution is -0.135. The topological polar surface area (TPSA) is 90.5 Å². The van der Waals surface area contributed by atoms with Gasteiger partial charge < -0.3 is 15.5 Å². The van der Waals surface area contributed by atoms with E-state index in [2.05, 4.69) is 39.3 Å². The van der Waals surface area contributed by atoms with Gasteiger partial charge in [0.1, 0.15) is 11.9 Å². The molecule has 216 valence electrons. The highest BCUT2D eigenvalue weighted by atomic mass is 19.1. The van der Waals surface area contributed by atoms with Crippen LogP contribution < -0.4 is 10.6 Å². The Hall–Kier alpha value is -3.69. The van der Waals surface area contributed by atoms with Crippen molar-refractivity contribution < 1.29 is 14.0 Å². The van der Waals surface area contributed by atoms with E-state index in [1.807, 2.05) is 29.2 Å². The standard InChI is InChI=1S/C32H39FN6O2/c1-22(2)38-17-19-39(20-18-38)32(41)28(5-3-14-34-29-21-27(29)23-10-12-26(33)13-11-23)37-31(40)25-8-6-24(7-9-25)30-35-15-4-16-36-30/h4,6-13,15-16,22,27-29,34H,3,5,14,17-21H2,1-2H3,(H,37,40)/t27-,28?,29+/m0/s1. The lowest BCUT2D eigenvalue weighted by atomic mass is 10.1. The number of carbonyl (C=O) groups excluding carboxylic acids is 2. The van der Waals surface area contributed by atoms with Crippen LogP contribution in [0.5, 0.6) is 0 Å². The van der Waals surface area contributed by atoms with Gasteiger partial charge in [0.2, 0.25) is 5.91 Å². The van der Waals surface area contributed by atoms with Crippen LogP contribution in [0.4, 0.5) is 4.39 Å². The fraction of sp³-hybridized carbons (Fsp3) is 0.438. The second kappa shape index (κ2) is 13.3. The largest absolute Gasteiger partial charge is 0.340 e. The van der Waals surface area contributed by atoms with E-state index in [1.165, 1.54) is 12.1 Å². The summed E-state index contributed by atoms with van der Waals surface area (Å²) in [6, 6.07) is 15.8. The summed E-state index contributed by atoms with van der Waals surface area (Å²) in [6.45, 7) is 8.08. The van der Waals surface area contributed by atoms with Crippen molar-refractivity contribution in [2.45, 2.75) is 57.2 Å². The Bertz CT molecular complexity index is 1290. The molecule has 41 heavy (non-hydrogen) atoms. The summed E-state index contributed by atoms with van der Waals surface area (Å²) >= 11 is 0. The summed E-state index contributed by atoms with van der Waals surface area (Å²) in [5.41, 5.74) is 2.46. The monoisotopic (exact) mass is 558 g/mol. The van der Waals surface area contributed by atoms with Gasteiger partial charge in [-0.3, -0.25) is 14.5 Å². The van der Waals surface area contributed by atoms with E-state index in [9.17, 15) is 14.0 Å². The number of benzene rings is 2. The Kier molecular flexibility index (Phi) is 9.36. The molecule has 1 unspecified atom stereocenters. The Morgan fingerprint density at radius 2 is 1.66 bits per heavy atom. The summed E-state index contributed by atoms with van der Waals surface area (Å²) in [5, 5.41) is 6.60. The van der Waals surface area contributed by atoms with Crippen LogP contribution in [0.15, 0.2) is 67.0 Å². The van der Waals surface area contributed by atoms with E-state index >= 15 is 0 Å². The fourth-order valence-electron chi connectivity index (χ4n) is 5.49. The zero-order valence-corrected chi connectivity index (χ0v) is 23.8. The first kappa shape index (κ1) is 28.8. The number of hydrogen-bond donors (Lipinski definition) is 2. The van der Waals surface area contributed by atoms with Crippen LogP contribution in [0.25, 0.3) is 11.4 Å². The van der Waals surface area contributed by atoms with Gasteiger partial charge in [-0.1, -0.05) is 24.3 Å². The Morgan fingerprint density at radius 1 is 0.976 bits per heavy atom. The molecule has 5 rings (SSSR count). The molecular formula is C32H39FN6O2. The molecule has 2 N–H and O–H groups in total. The summed E-state index contributed by atoms with van der Waals surface area (Å²) in [4.78, 5) is 39.6. The molecule has 2 amide bonds. The predicted octanol–water partition coefficient (Wildman–Crippen LogP) is 3.86. The van der Waals surface area contributed by atoms with Gasteiger partial charge in [0.25, 0.3) is 5.91 Å². The van der Waals surface area contributed by atoms with Crippen molar-refractivity contribution in [1.82, 2.24) is 30.4 Å². The van der Waals surface area contributed by atoms with Gasteiger partial charge in [0.15, 0.2) is 5.82 Å². The summed E-state index contributed by atoms with van der Waals surface area (Å²) in [7, 11) is 0. The molecule has 0 bridgehead atoms. The van der Waals surface area contributed by atoms with Crippen LogP contribution in [0.2, 0.25) is 0 Å². The van der Waals surface area contributed by atoms with Gasteiger partial charge in [-0.05, 0) is 75.5 Å². The van der Waals surface area contributed by atoms with E-state index in [4.69, 9.17) is 0 Å². The first-order valence-corrected chi connectivity index (χ1v) is 14.6. The summed E-state index contributed by atoms with van der Waals surface area (Å²) in [6.07, 6.45) is 5.68. The van der Waals surface area contributed by atoms with E-state index in [1.54, 1.807) is 30.6 Å². The van der Waals surface area contributed by atoms with Crippen LogP contribution >= 0.6 is 0 Å². The number of halogens is 1. The molecule has 2 aromatic carbocycles. The van der Waals surface area contributed by atoms with E-state index in [-0.39, 0.29) is 17.6 Å². The molecule has 1 saturated carbocycles. The molecule has 0 radical (unpaired) electrons. The molecule has 1 aromatic heterocycles. The molecule has 3 aromatic rings. The van der Waals surface area contributed by atoms with Gasteiger partial charge in [0.05, 0.1) is 0 Å². The van der Waals surface area contributed by atoms with Gasteiger partial charge in [-0.25, -0.2) is 14.4 Å². The average molecular weight is 559 g/mol. The lowest BCUT2D eigenvalue weighted by Crippen LogP contribution is -2.56. The Labute approximate surface area is 241 Å². The van der Waals surface area contributed by atoms with Crippen LogP contribution in [-0.4, -0.2) is 82.4 Å². The fourth-order valence-corrected chi connectivity index (χ4v) is 5.49. The lowest BCUT2D eigenvalue weighted by Gasteiger charge is -2.38. The molecular weight excluding hydrogens is 519 g/mol. The molecule has 1 aliphatic carbocycles. The molecule has 9 heteroatoms. The smallest absolute Gasteiger partial charge is 0.251 e. The molecule has 1 aliphatic heterocycles. The highest BCUT2D eigenvalue weighted by Crippen LogP contribution is 2.40. The number of rotatable bonds is 11. The predicted molar refractivity (Wildman–Crippen MR) is 157 cm³/mol. The van der Waals surface area contributed by atoms with Crippen molar-refractivity contribution in [1.29, 1.82) is 0 Å². The van der Waals surface area contributed by atoms with Gasteiger partial charge in [0, 0.05) is 67.7 Å². The van der Waals surface area contributed by atoms with E-state index in [0.29, 0.717) is 48.9 Å². The zero-order chi connectivity index (χ0) is 28.8. The number of hydrogen-bond acceptors (Lipinski definition) is 6. The third kappa shape index (κ3) is 7.54. The van der Waals surface area contributed by atoms with Gasteiger partial charge in [-0.15, -0.1) is 0 Å². The van der Waals surface area contributed by atoms with E-state index < -0.39 is 6.04 Å². The number of nitrogens with zero attached hydrogens (tertiary/aromatic N) is 4. The van der Waals surface area contributed by atoms with Gasteiger partial charge >= 0.3 is 0 Å². The van der Waals surface area contributed by atoms with Crippen molar-refractivity contribution in [2.24, 2.45) is 0 Å². The highest BCUT2D eigenvalue weighted by molar-refractivity contribution is 5.97. The summed E-state index contributed by atoms with van der Waals surface area (Å²) < 4.78 is 13.2.